The molecule has 1 aromatic rings. The van der Waals surface area contributed by atoms with Gasteiger partial charge in [-0.2, -0.15) is 0 Å². The molecule has 0 spiro atoms. The number of carbonyl (C=O) groups excluding carboxylic acids is 1. The molecular formula is C14H25N5O. The van der Waals surface area contributed by atoms with Gasteiger partial charge in [-0.1, -0.05) is 13.8 Å². The molecule has 20 heavy (non-hydrogen) atoms. The van der Waals surface area contributed by atoms with Crippen molar-refractivity contribution in [2.24, 2.45) is 0 Å². The van der Waals surface area contributed by atoms with E-state index in [-0.39, 0.29) is 18.4 Å². The second kappa shape index (κ2) is 7.67. The van der Waals surface area contributed by atoms with Crippen molar-refractivity contribution < 1.29 is 4.79 Å². The van der Waals surface area contributed by atoms with Gasteiger partial charge in [0.1, 0.15) is 17.5 Å². The first-order valence-corrected chi connectivity index (χ1v) is 7.08. The standard InChI is InChI=1S/C14H25N5O/c1-6-15-11-8-12(18-14(17-11)10(3)4)19(5)9-13(20)16-7-2/h8,10H,6-7,9H2,1-5H3,(H,16,20)(H,15,17,18). The normalized spacial score (nSPS) is 10.5. The van der Waals surface area contributed by atoms with E-state index in [1.165, 1.54) is 0 Å². The molecule has 6 nitrogen and oxygen atoms in total. The Labute approximate surface area is 121 Å². The summed E-state index contributed by atoms with van der Waals surface area (Å²) in [5.74, 6) is 2.56. The number of nitrogens with one attached hydrogen (secondary N) is 2. The van der Waals surface area contributed by atoms with E-state index in [4.69, 9.17) is 0 Å². The summed E-state index contributed by atoms with van der Waals surface area (Å²) in [6.07, 6.45) is 0. The van der Waals surface area contributed by atoms with Crippen LogP contribution in [-0.4, -0.2) is 42.6 Å². The number of rotatable bonds is 7. The van der Waals surface area contributed by atoms with Crippen LogP contribution >= 0.6 is 0 Å². The van der Waals surface area contributed by atoms with Crippen LogP contribution in [0.4, 0.5) is 11.6 Å². The summed E-state index contributed by atoms with van der Waals surface area (Å²) < 4.78 is 0. The lowest BCUT2D eigenvalue weighted by Crippen LogP contribution is -2.35. The average Bonchev–Trinajstić information content (AvgIpc) is 2.38. The summed E-state index contributed by atoms with van der Waals surface area (Å²) in [4.78, 5) is 22.5. The van der Waals surface area contributed by atoms with Crippen LogP contribution in [0.3, 0.4) is 0 Å². The fourth-order valence-electron chi connectivity index (χ4n) is 1.73. The summed E-state index contributed by atoms with van der Waals surface area (Å²) >= 11 is 0. The van der Waals surface area contributed by atoms with Crippen LogP contribution in [0.15, 0.2) is 6.07 Å². The molecule has 0 atom stereocenters. The number of nitrogens with zero attached hydrogens (tertiary/aromatic N) is 3. The Morgan fingerprint density at radius 1 is 1.30 bits per heavy atom. The van der Waals surface area contributed by atoms with Crippen LogP contribution < -0.4 is 15.5 Å². The fraction of sp³-hybridized carbons (Fsp3) is 0.643. The highest BCUT2D eigenvalue weighted by Crippen LogP contribution is 2.19. The highest BCUT2D eigenvalue weighted by Gasteiger charge is 2.12. The number of carbonyl (C=O) groups is 1. The van der Waals surface area contributed by atoms with Crippen molar-refractivity contribution in [2.45, 2.75) is 33.6 Å². The molecule has 2 N–H and O–H groups in total. The van der Waals surface area contributed by atoms with E-state index < -0.39 is 0 Å². The minimum Gasteiger partial charge on any atom is -0.370 e. The Hall–Kier alpha value is -1.85. The quantitative estimate of drug-likeness (QED) is 0.793. The van der Waals surface area contributed by atoms with Crippen molar-refractivity contribution in [3.05, 3.63) is 11.9 Å². The summed E-state index contributed by atoms with van der Waals surface area (Å²) in [6.45, 7) is 9.76. The third-order valence-corrected chi connectivity index (χ3v) is 2.75. The molecule has 0 saturated heterocycles. The zero-order valence-electron chi connectivity index (χ0n) is 13.0. The zero-order valence-corrected chi connectivity index (χ0v) is 13.0. The van der Waals surface area contributed by atoms with Gasteiger partial charge < -0.3 is 15.5 Å². The number of hydrogen-bond acceptors (Lipinski definition) is 5. The molecule has 1 aromatic heterocycles. The molecule has 0 saturated carbocycles. The van der Waals surface area contributed by atoms with Gasteiger partial charge in [-0.15, -0.1) is 0 Å². The highest BCUT2D eigenvalue weighted by molar-refractivity contribution is 5.80. The number of likely N-dealkylation sites (N-methyl/N-ethyl adjacent to an activating group) is 2. The van der Waals surface area contributed by atoms with Crippen molar-refractivity contribution in [1.29, 1.82) is 0 Å². The maximum absolute atomic E-state index is 11.6. The Balaban J connectivity index is 2.94. The van der Waals surface area contributed by atoms with Crippen LogP contribution in [0.25, 0.3) is 0 Å². The Morgan fingerprint density at radius 2 is 2.00 bits per heavy atom. The fourth-order valence-corrected chi connectivity index (χ4v) is 1.73. The van der Waals surface area contributed by atoms with Gasteiger partial charge in [0.25, 0.3) is 0 Å². The van der Waals surface area contributed by atoms with E-state index in [9.17, 15) is 4.79 Å². The van der Waals surface area contributed by atoms with Gasteiger partial charge in [0.05, 0.1) is 6.54 Å². The van der Waals surface area contributed by atoms with E-state index in [0.717, 1.165) is 24.0 Å². The molecule has 1 heterocycles. The monoisotopic (exact) mass is 279 g/mol. The van der Waals surface area contributed by atoms with Crippen LogP contribution in [0.1, 0.15) is 39.4 Å². The SMILES string of the molecule is CCNC(=O)CN(C)c1cc(NCC)nc(C(C)C)n1. The highest BCUT2D eigenvalue weighted by atomic mass is 16.2. The van der Waals surface area contributed by atoms with Gasteiger partial charge in [0, 0.05) is 32.1 Å². The maximum Gasteiger partial charge on any atom is 0.239 e. The second-order valence-corrected chi connectivity index (χ2v) is 4.96. The van der Waals surface area contributed by atoms with Crippen molar-refractivity contribution in [3.8, 4) is 0 Å². The van der Waals surface area contributed by atoms with Crippen molar-refractivity contribution in [2.75, 3.05) is 36.9 Å². The van der Waals surface area contributed by atoms with E-state index in [2.05, 4.69) is 34.4 Å². The molecule has 0 bridgehead atoms. The summed E-state index contributed by atoms with van der Waals surface area (Å²) in [6, 6.07) is 1.87. The van der Waals surface area contributed by atoms with E-state index in [1.807, 2.05) is 31.9 Å². The number of amides is 1. The zero-order chi connectivity index (χ0) is 15.1. The minimum atomic E-state index is -0.00953. The van der Waals surface area contributed by atoms with E-state index in [1.54, 1.807) is 0 Å². The lowest BCUT2D eigenvalue weighted by Gasteiger charge is -2.19. The third-order valence-electron chi connectivity index (χ3n) is 2.75. The average molecular weight is 279 g/mol. The van der Waals surface area contributed by atoms with Crippen LogP contribution in [0.5, 0.6) is 0 Å². The van der Waals surface area contributed by atoms with E-state index >= 15 is 0 Å². The maximum atomic E-state index is 11.6. The van der Waals surface area contributed by atoms with Gasteiger partial charge in [0.15, 0.2) is 0 Å². The van der Waals surface area contributed by atoms with Crippen molar-refractivity contribution >= 4 is 17.5 Å². The number of anilines is 2. The molecule has 1 rings (SSSR count). The Morgan fingerprint density at radius 3 is 2.55 bits per heavy atom. The molecule has 1 amide bonds. The van der Waals surface area contributed by atoms with Gasteiger partial charge in [-0.25, -0.2) is 9.97 Å². The molecule has 0 radical (unpaired) electrons. The molecule has 0 fully saturated rings. The molecule has 0 aliphatic heterocycles. The molecule has 6 heteroatoms. The van der Waals surface area contributed by atoms with Gasteiger partial charge in [-0.3, -0.25) is 4.79 Å². The van der Waals surface area contributed by atoms with Gasteiger partial charge in [-0.05, 0) is 13.8 Å². The van der Waals surface area contributed by atoms with Crippen molar-refractivity contribution in [1.82, 2.24) is 15.3 Å². The van der Waals surface area contributed by atoms with E-state index in [0.29, 0.717) is 6.54 Å². The number of hydrogen-bond donors (Lipinski definition) is 2. The molecule has 0 unspecified atom stereocenters. The predicted molar refractivity (Wildman–Crippen MR) is 82.2 cm³/mol. The van der Waals surface area contributed by atoms with Crippen LogP contribution in [0.2, 0.25) is 0 Å². The van der Waals surface area contributed by atoms with Gasteiger partial charge >= 0.3 is 0 Å². The minimum absolute atomic E-state index is 0.00953. The van der Waals surface area contributed by atoms with Crippen LogP contribution in [0, 0.1) is 0 Å². The topological polar surface area (TPSA) is 70.2 Å². The molecule has 0 aromatic carbocycles. The molecule has 0 aliphatic rings. The Bertz CT molecular complexity index is 447. The second-order valence-electron chi connectivity index (χ2n) is 4.96. The lowest BCUT2D eigenvalue weighted by atomic mass is 10.2. The smallest absolute Gasteiger partial charge is 0.239 e. The summed E-state index contributed by atoms with van der Waals surface area (Å²) in [7, 11) is 1.86. The summed E-state index contributed by atoms with van der Waals surface area (Å²) in [5.41, 5.74) is 0. The predicted octanol–water partition coefficient (Wildman–Crippen LogP) is 1.60. The van der Waals surface area contributed by atoms with Crippen LogP contribution in [-0.2, 0) is 4.79 Å². The first-order valence-electron chi connectivity index (χ1n) is 7.08. The largest absolute Gasteiger partial charge is 0.370 e. The molecule has 0 aliphatic carbocycles. The van der Waals surface area contributed by atoms with Gasteiger partial charge in [0.2, 0.25) is 5.91 Å². The first-order chi connectivity index (χ1) is 9.47. The summed E-state index contributed by atoms with van der Waals surface area (Å²) in [5, 5.41) is 5.98. The molecular weight excluding hydrogens is 254 g/mol. The van der Waals surface area contributed by atoms with Crippen molar-refractivity contribution in [3.63, 3.8) is 0 Å². The number of aromatic nitrogens is 2. The third kappa shape index (κ3) is 4.68. The Kier molecular flexibility index (Phi) is 6.21. The first kappa shape index (κ1) is 16.2. The molecule has 112 valence electrons. The lowest BCUT2D eigenvalue weighted by molar-refractivity contribution is -0.119.